The molecule has 3 aromatic heterocycles. The van der Waals surface area contributed by atoms with Crippen molar-refractivity contribution < 1.29 is 9.21 Å². The summed E-state index contributed by atoms with van der Waals surface area (Å²) < 4.78 is 7.86. The summed E-state index contributed by atoms with van der Waals surface area (Å²) >= 11 is 0. The summed E-state index contributed by atoms with van der Waals surface area (Å²) in [6.45, 7) is 2.00. The zero-order valence-electron chi connectivity index (χ0n) is 20.7. The molecule has 4 aromatic rings. The number of fused-ring (bicyclic) bond motifs is 1. The quantitative estimate of drug-likeness (QED) is 0.352. The van der Waals surface area contributed by atoms with Gasteiger partial charge in [-0.2, -0.15) is 5.10 Å². The third kappa shape index (κ3) is 5.15. The van der Waals surface area contributed by atoms with Gasteiger partial charge in [0.15, 0.2) is 11.4 Å². The van der Waals surface area contributed by atoms with E-state index in [2.05, 4.69) is 42.9 Å². The monoisotopic (exact) mass is 500 g/mol. The SMILES string of the molecule is NC(=O)c1cccc(-c2cnc(N[C@@H]3CCCC[C@H]3N[C@H]3CCCN(c4ccc5ncnn5c4)C3)o2)c1. The summed E-state index contributed by atoms with van der Waals surface area (Å²) in [7, 11) is 0. The van der Waals surface area contributed by atoms with Crippen molar-refractivity contribution in [3.63, 3.8) is 0 Å². The van der Waals surface area contributed by atoms with E-state index in [1.807, 2.05) is 16.6 Å². The Hall–Kier alpha value is -3.92. The fourth-order valence-corrected chi connectivity index (χ4v) is 5.61. The maximum Gasteiger partial charge on any atom is 0.295 e. The second kappa shape index (κ2) is 10.2. The highest BCUT2D eigenvalue weighted by molar-refractivity contribution is 5.93. The van der Waals surface area contributed by atoms with E-state index in [9.17, 15) is 4.79 Å². The Labute approximate surface area is 215 Å². The lowest BCUT2D eigenvalue weighted by Crippen LogP contribution is -2.54. The van der Waals surface area contributed by atoms with Gasteiger partial charge in [0, 0.05) is 42.3 Å². The molecule has 1 amide bonds. The van der Waals surface area contributed by atoms with Crippen molar-refractivity contribution in [1.29, 1.82) is 0 Å². The summed E-state index contributed by atoms with van der Waals surface area (Å²) in [5, 5.41) is 11.8. The number of aromatic nitrogens is 4. The van der Waals surface area contributed by atoms with Crippen molar-refractivity contribution in [3.8, 4) is 11.3 Å². The number of rotatable bonds is 7. The molecule has 2 aliphatic rings. The molecule has 37 heavy (non-hydrogen) atoms. The van der Waals surface area contributed by atoms with Gasteiger partial charge in [0.25, 0.3) is 6.01 Å². The van der Waals surface area contributed by atoms with Gasteiger partial charge in [-0.3, -0.25) is 4.79 Å². The minimum absolute atomic E-state index is 0.235. The van der Waals surface area contributed by atoms with E-state index >= 15 is 0 Å². The lowest BCUT2D eigenvalue weighted by atomic mass is 9.89. The van der Waals surface area contributed by atoms with Gasteiger partial charge in [-0.1, -0.05) is 25.0 Å². The van der Waals surface area contributed by atoms with Gasteiger partial charge in [0.05, 0.1) is 18.1 Å². The van der Waals surface area contributed by atoms with E-state index in [-0.39, 0.29) is 6.04 Å². The number of nitrogens with one attached hydrogen (secondary N) is 2. The third-order valence-electron chi connectivity index (χ3n) is 7.51. The van der Waals surface area contributed by atoms with Crippen LogP contribution in [0.15, 0.2) is 59.5 Å². The van der Waals surface area contributed by atoms with Crippen LogP contribution in [0.5, 0.6) is 0 Å². The van der Waals surface area contributed by atoms with Crippen LogP contribution < -0.4 is 21.3 Å². The predicted octanol–water partition coefficient (Wildman–Crippen LogP) is 3.46. The van der Waals surface area contributed by atoms with Crippen LogP contribution >= 0.6 is 0 Å². The number of hydrogen-bond donors (Lipinski definition) is 3. The molecule has 1 aliphatic carbocycles. The Morgan fingerprint density at radius 3 is 2.84 bits per heavy atom. The largest absolute Gasteiger partial charge is 0.424 e. The number of piperidine rings is 1. The molecule has 10 heteroatoms. The molecule has 0 bridgehead atoms. The zero-order valence-corrected chi connectivity index (χ0v) is 20.7. The highest BCUT2D eigenvalue weighted by Gasteiger charge is 2.30. The Kier molecular flexibility index (Phi) is 6.48. The van der Waals surface area contributed by atoms with Gasteiger partial charge in [0.2, 0.25) is 5.91 Å². The molecule has 1 saturated heterocycles. The van der Waals surface area contributed by atoms with Crippen molar-refractivity contribution in [2.75, 3.05) is 23.3 Å². The van der Waals surface area contributed by atoms with Crippen LogP contribution in [0.1, 0.15) is 48.9 Å². The first kappa shape index (κ1) is 23.5. The molecule has 6 rings (SSSR count). The Morgan fingerprint density at radius 1 is 1.05 bits per heavy atom. The number of anilines is 2. The highest BCUT2D eigenvalue weighted by atomic mass is 16.4. The number of oxazole rings is 1. The maximum absolute atomic E-state index is 11.5. The molecule has 2 fully saturated rings. The number of carbonyl (C=O) groups excluding carboxylic acids is 1. The van der Waals surface area contributed by atoms with Crippen LogP contribution in [-0.4, -0.2) is 56.7 Å². The molecule has 10 nitrogen and oxygen atoms in total. The number of nitrogens with two attached hydrogens (primary N) is 1. The van der Waals surface area contributed by atoms with Crippen molar-refractivity contribution in [2.45, 2.75) is 56.7 Å². The molecular weight excluding hydrogens is 468 g/mol. The topological polar surface area (TPSA) is 127 Å². The zero-order chi connectivity index (χ0) is 25.2. The van der Waals surface area contributed by atoms with Crippen molar-refractivity contribution in [2.24, 2.45) is 5.73 Å². The molecule has 3 atom stereocenters. The van der Waals surface area contributed by atoms with E-state index < -0.39 is 5.91 Å². The average molecular weight is 501 g/mol. The van der Waals surface area contributed by atoms with Crippen LogP contribution in [0.25, 0.3) is 17.0 Å². The molecule has 0 radical (unpaired) electrons. The van der Waals surface area contributed by atoms with E-state index in [1.165, 1.54) is 18.5 Å². The molecule has 1 saturated carbocycles. The van der Waals surface area contributed by atoms with E-state index in [1.54, 1.807) is 30.7 Å². The number of nitrogens with zero attached hydrogens (tertiary/aromatic N) is 5. The fraction of sp³-hybridized carbons (Fsp3) is 0.407. The molecule has 1 aromatic carbocycles. The lowest BCUT2D eigenvalue weighted by Gasteiger charge is -2.40. The number of carbonyl (C=O) groups is 1. The molecule has 4 heterocycles. The minimum Gasteiger partial charge on any atom is -0.424 e. The summed E-state index contributed by atoms with van der Waals surface area (Å²) in [6, 6.07) is 12.7. The maximum atomic E-state index is 11.5. The Bertz CT molecular complexity index is 1380. The molecule has 1 aliphatic heterocycles. The van der Waals surface area contributed by atoms with E-state index in [0.29, 0.717) is 29.4 Å². The second-order valence-electron chi connectivity index (χ2n) is 10.0. The average Bonchev–Trinajstić information content (AvgIpc) is 3.59. The molecular formula is C27H32N8O2. The van der Waals surface area contributed by atoms with Crippen LogP contribution in [0.2, 0.25) is 0 Å². The fourth-order valence-electron chi connectivity index (χ4n) is 5.61. The third-order valence-corrected chi connectivity index (χ3v) is 7.51. The van der Waals surface area contributed by atoms with Crippen molar-refractivity contribution in [3.05, 3.63) is 60.7 Å². The molecule has 192 valence electrons. The smallest absolute Gasteiger partial charge is 0.295 e. The molecule has 0 unspecified atom stereocenters. The predicted molar refractivity (Wildman–Crippen MR) is 141 cm³/mol. The number of amides is 1. The van der Waals surface area contributed by atoms with Gasteiger partial charge in [0.1, 0.15) is 6.33 Å². The van der Waals surface area contributed by atoms with Crippen LogP contribution in [0, 0.1) is 0 Å². The van der Waals surface area contributed by atoms with E-state index in [0.717, 1.165) is 50.0 Å². The Morgan fingerprint density at radius 2 is 1.95 bits per heavy atom. The summed E-state index contributed by atoms with van der Waals surface area (Å²) in [6.07, 6.45) is 12.2. The number of pyridine rings is 1. The lowest BCUT2D eigenvalue weighted by molar-refractivity contribution is 0.100. The first-order valence-corrected chi connectivity index (χ1v) is 13.1. The van der Waals surface area contributed by atoms with E-state index in [4.69, 9.17) is 10.2 Å². The van der Waals surface area contributed by atoms with Gasteiger partial charge in [-0.05, 0) is 49.9 Å². The molecule has 0 spiro atoms. The van der Waals surface area contributed by atoms with Gasteiger partial charge < -0.3 is 25.7 Å². The van der Waals surface area contributed by atoms with Crippen molar-refractivity contribution in [1.82, 2.24) is 24.9 Å². The standard InChI is InChI=1S/C27H32N8O2/c28-26(36)19-6-3-5-18(13-19)24-14-29-27(37-24)33-23-9-2-1-8-22(23)32-20-7-4-12-34(15-20)21-10-11-25-30-17-31-35(25)16-21/h3,5-6,10-11,13-14,16-17,20,22-23,32H,1-2,4,7-9,12,15H2,(H2,28,36)(H,29,33)/t20-,22+,23+/m0/s1. The van der Waals surface area contributed by atoms with Crippen LogP contribution in [0.3, 0.4) is 0 Å². The summed E-state index contributed by atoms with van der Waals surface area (Å²) in [4.78, 5) is 22.7. The van der Waals surface area contributed by atoms with Crippen molar-refractivity contribution >= 4 is 23.3 Å². The minimum atomic E-state index is -0.462. The summed E-state index contributed by atoms with van der Waals surface area (Å²) in [5.74, 6) is 0.147. The first-order chi connectivity index (χ1) is 18.1. The van der Waals surface area contributed by atoms with Gasteiger partial charge in [-0.25, -0.2) is 14.5 Å². The van der Waals surface area contributed by atoms with Crippen LogP contribution in [0.4, 0.5) is 11.7 Å². The molecule has 4 N–H and O–H groups in total. The second-order valence-corrected chi connectivity index (χ2v) is 10.0. The summed E-state index contributed by atoms with van der Waals surface area (Å²) in [5.41, 5.74) is 8.69. The van der Waals surface area contributed by atoms with Gasteiger partial charge in [-0.15, -0.1) is 0 Å². The highest BCUT2D eigenvalue weighted by Crippen LogP contribution is 2.28. The van der Waals surface area contributed by atoms with Crippen LogP contribution in [-0.2, 0) is 0 Å². The number of benzene rings is 1. The van der Waals surface area contributed by atoms with Gasteiger partial charge >= 0.3 is 0 Å². The normalized spacial score (nSPS) is 22.3. The first-order valence-electron chi connectivity index (χ1n) is 13.1. The number of hydrogen-bond acceptors (Lipinski definition) is 8. The number of primary amides is 1. The Balaban J connectivity index is 1.11.